The Morgan fingerprint density at radius 1 is 1.28 bits per heavy atom. The molecule has 0 saturated heterocycles. The van der Waals surface area contributed by atoms with Crippen LogP contribution in [0, 0.1) is 11.3 Å². The first kappa shape index (κ1) is 15.4. The first-order chi connectivity index (χ1) is 8.54. The molecule has 0 unspecified atom stereocenters. The fourth-order valence-electron chi connectivity index (χ4n) is 2.43. The van der Waals surface area contributed by atoms with Crippen molar-refractivity contribution in [1.29, 1.82) is 5.26 Å². The Balaban J connectivity index is 2.73. The molecule has 0 spiro atoms. The van der Waals surface area contributed by atoms with E-state index < -0.39 is 10.2 Å². The standard InChI is InChI=1S/C12H23N3O2S/c1-3-15(11-7-10-13)18(16,17)14(2)12-8-5-4-6-9-12/h12H,3-9,11H2,1-2H3. The largest absolute Gasteiger partial charge is 0.281 e. The maximum atomic E-state index is 12.4. The first-order valence-electron chi connectivity index (χ1n) is 6.64. The van der Waals surface area contributed by atoms with Crippen molar-refractivity contribution in [2.75, 3.05) is 20.1 Å². The van der Waals surface area contributed by atoms with Crippen molar-refractivity contribution in [1.82, 2.24) is 8.61 Å². The molecule has 0 heterocycles. The van der Waals surface area contributed by atoms with E-state index in [0.717, 1.165) is 25.7 Å². The molecule has 0 N–H and O–H groups in total. The minimum absolute atomic E-state index is 0.125. The van der Waals surface area contributed by atoms with Crippen LogP contribution >= 0.6 is 0 Å². The molecular weight excluding hydrogens is 250 g/mol. The zero-order chi connectivity index (χ0) is 13.6. The Hall–Kier alpha value is -0.640. The molecular formula is C12H23N3O2S. The average Bonchev–Trinajstić information content (AvgIpc) is 2.39. The van der Waals surface area contributed by atoms with Crippen molar-refractivity contribution < 1.29 is 8.42 Å². The van der Waals surface area contributed by atoms with Crippen LogP contribution in [0.1, 0.15) is 45.4 Å². The smallest absolute Gasteiger partial charge is 0.198 e. The normalized spacial score (nSPS) is 18.2. The van der Waals surface area contributed by atoms with E-state index >= 15 is 0 Å². The predicted octanol–water partition coefficient (Wildman–Crippen LogP) is 1.73. The van der Waals surface area contributed by atoms with Gasteiger partial charge in [0.2, 0.25) is 0 Å². The molecule has 1 saturated carbocycles. The van der Waals surface area contributed by atoms with Gasteiger partial charge in [0.15, 0.2) is 0 Å². The highest BCUT2D eigenvalue weighted by Crippen LogP contribution is 2.24. The first-order valence-corrected chi connectivity index (χ1v) is 8.03. The molecule has 1 rings (SSSR count). The van der Waals surface area contributed by atoms with E-state index in [-0.39, 0.29) is 19.0 Å². The van der Waals surface area contributed by atoms with Crippen molar-refractivity contribution >= 4 is 10.2 Å². The summed E-state index contributed by atoms with van der Waals surface area (Å²) >= 11 is 0. The van der Waals surface area contributed by atoms with Crippen LogP contribution in [0.2, 0.25) is 0 Å². The number of rotatable bonds is 6. The van der Waals surface area contributed by atoms with Gasteiger partial charge in [-0.05, 0) is 12.8 Å². The van der Waals surface area contributed by atoms with E-state index in [0.29, 0.717) is 6.54 Å². The minimum atomic E-state index is -3.41. The van der Waals surface area contributed by atoms with Gasteiger partial charge in [0.05, 0.1) is 6.07 Å². The topological polar surface area (TPSA) is 64.4 Å². The lowest BCUT2D eigenvalue weighted by Gasteiger charge is -2.33. The van der Waals surface area contributed by atoms with Crippen LogP contribution in [-0.2, 0) is 10.2 Å². The minimum Gasteiger partial charge on any atom is -0.198 e. The fourth-order valence-corrected chi connectivity index (χ4v) is 4.03. The van der Waals surface area contributed by atoms with Crippen LogP contribution in [0.3, 0.4) is 0 Å². The molecule has 0 aromatic carbocycles. The van der Waals surface area contributed by atoms with E-state index in [4.69, 9.17) is 5.26 Å². The van der Waals surface area contributed by atoms with Crippen LogP contribution < -0.4 is 0 Å². The summed E-state index contributed by atoms with van der Waals surface area (Å²) in [5, 5.41) is 8.58. The Bertz CT molecular complexity index is 383. The summed E-state index contributed by atoms with van der Waals surface area (Å²) in [7, 11) is -1.74. The highest BCUT2D eigenvalue weighted by molar-refractivity contribution is 7.86. The van der Waals surface area contributed by atoms with Crippen LogP contribution in [0.25, 0.3) is 0 Å². The average molecular weight is 273 g/mol. The van der Waals surface area contributed by atoms with E-state index in [1.807, 2.05) is 13.0 Å². The molecule has 6 heteroatoms. The Labute approximate surface area is 111 Å². The molecule has 0 bridgehead atoms. The summed E-state index contributed by atoms with van der Waals surface area (Å²) < 4.78 is 27.7. The van der Waals surface area contributed by atoms with Gasteiger partial charge in [0, 0.05) is 32.6 Å². The molecule has 5 nitrogen and oxygen atoms in total. The van der Waals surface area contributed by atoms with Crippen molar-refractivity contribution in [2.45, 2.75) is 51.5 Å². The van der Waals surface area contributed by atoms with Crippen LogP contribution in [0.5, 0.6) is 0 Å². The van der Waals surface area contributed by atoms with Crippen LogP contribution in [0.4, 0.5) is 0 Å². The summed E-state index contributed by atoms with van der Waals surface area (Å²) in [6.45, 7) is 2.51. The van der Waals surface area contributed by atoms with Crippen molar-refractivity contribution in [3.8, 4) is 6.07 Å². The molecule has 0 aromatic rings. The molecule has 1 aliphatic rings. The SMILES string of the molecule is CCN(CCC#N)S(=O)(=O)N(C)C1CCCCC1. The third kappa shape index (κ3) is 3.67. The number of hydrogen-bond acceptors (Lipinski definition) is 3. The number of nitrogens with zero attached hydrogens (tertiary/aromatic N) is 3. The van der Waals surface area contributed by atoms with Crippen molar-refractivity contribution in [3.05, 3.63) is 0 Å². The lowest BCUT2D eigenvalue weighted by atomic mass is 9.96. The Morgan fingerprint density at radius 2 is 1.89 bits per heavy atom. The highest BCUT2D eigenvalue weighted by Gasteiger charge is 2.31. The molecule has 1 fully saturated rings. The molecule has 0 atom stereocenters. The Morgan fingerprint density at radius 3 is 2.39 bits per heavy atom. The summed E-state index contributed by atoms with van der Waals surface area (Å²) in [5.41, 5.74) is 0. The number of nitriles is 1. The van der Waals surface area contributed by atoms with Crippen LogP contribution in [0.15, 0.2) is 0 Å². The Kier molecular flexibility index (Phi) is 6.06. The van der Waals surface area contributed by atoms with Gasteiger partial charge in [0.1, 0.15) is 0 Å². The fraction of sp³-hybridized carbons (Fsp3) is 0.917. The molecule has 0 aromatic heterocycles. The molecule has 18 heavy (non-hydrogen) atoms. The second-order valence-corrected chi connectivity index (χ2v) is 6.70. The zero-order valence-corrected chi connectivity index (χ0v) is 12.1. The highest BCUT2D eigenvalue weighted by atomic mass is 32.2. The van der Waals surface area contributed by atoms with Gasteiger partial charge >= 0.3 is 0 Å². The zero-order valence-electron chi connectivity index (χ0n) is 11.3. The van der Waals surface area contributed by atoms with Gasteiger partial charge in [-0.1, -0.05) is 26.2 Å². The molecule has 0 aliphatic heterocycles. The lowest BCUT2D eigenvalue weighted by molar-refractivity contribution is 0.265. The van der Waals surface area contributed by atoms with Gasteiger partial charge in [-0.25, -0.2) is 0 Å². The van der Waals surface area contributed by atoms with E-state index in [1.54, 1.807) is 7.05 Å². The van der Waals surface area contributed by atoms with Gasteiger partial charge in [-0.3, -0.25) is 0 Å². The summed E-state index contributed by atoms with van der Waals surface area (Å²) in [6, 6.07) is 2.12. The van der Waals surface area contributed by atoms with Crippen LogP contribution in [-0.4, -0.2) is 43.2 Å². The summed E-state index contributed by atoms with van der Waals surface area (Å²) in [4.78, 5) is 0. The van der Waals surface area contributed by atoms with E-state index in [1.165, 1.54) is 15.0 Å². The maximum absolute atomic E-state index is 12.4. The predicted molar refractivity (Wildman–Crippen MR) is 71.0 cm³/mol. The van der Waals surface area contributed by atoms with Crippen molar-refractivity contribution in [2.24, 2.45) is 0 Å². The summed E-state index contributed by atoms with van der Waals surface area (Å²) in [5.74, 6) is 0. The second kappa shape index (κ2) is 7.07. The van der Waals surface area contributed by atoms with Gasteiger partial charge in [0.25, 0.3) is 10.2 Å². The third-order valence-electron chi connectivity index (χ3n) is 3.60. The molecule has 0 amide bonds. The molecule has 104 valence electrons. The lowest BCUT2D eigenvalue weighted by Crippen LogP contribution is -2.47. The van der Waals surface area contributed by atoms with E-state index in [9.17, 15) is 8.42 Å². The maximum Gasteiger partial charge on any atom is 0.281 e. The van der Waals surface area contributed by atoms with Gasteiger partial charge < -0.3 is 0 Å². The van der Waals surface area contributed by atoms with E-state index in [2.05, 4.69) is 0 Å². The molecule has 0 radical (unpaired) electrons. The monoisotopic (exact) mass is 273 g/mol. The van der Waals surface area contributed by atoms with Gasteiger partial charge in [-0.15, -0.1) is 0 Å². The number of hydrogen-bond donors (Lipinski definition) is 0. The molecule has 1 aliphatic carbocycles. The van der Waals surface area contributed by atoms with Gasteiger partial charge in [-0.2, -0.15) is 22.3 Å². The third-order valence-corrected chi connectivity index (χ3v) is 5.72. The summed E-state index contributed by atoms with van der Waals surface area (Å²) in [6.07, 6.45) is 5.56. The second-order valence-electron chi connectivity index (χ2n) is 4.72. The van der Waals surface area contributed by atoms with Crippen molar-refractivity contribution in [3.63, 3.8) is 0 Å². The quantitative estimate of drug-likeness (QED) is 0.740.